The molecule has 5 nitrogen and oxygen atoms in total. The molecule has 1 saturated carbocycles. The average molecular weight is 293 g/mol. The lowest BCUT2D eigenvalue weighted by Gasteiger charge is -2.35. The van der Waals surface area contributed by atoms with Crippen LogP contribution in [0.15, 0.2) is 6.07 Å². The molecule has 1 fully saturated rings. The number of aryl methyl sites for hydroxylation is 1. The van der Waals surface area contributed by atoms with Crippen LogP contribution in [0.2, 0.25) is 0 Å². The minimum atomic E-state index is -0.649. The Morgan fingerprint density at radius 2 is 2.24 bits per heavy atom. The van der Waals surface area contributed by atoms with Gasteiger partial charge in [-0.2, -0.15) is 4.98 Å². The van der Waals surface area contributed by atoms with Gasteiger partial charge in [-0.15, -0.1) is 0 Å². The molecule has 2 atom stereocenters. The fourth-order valence-corrected chi connectivity index (χ4v) is 2.96. The van der Waals surface area contributed by atoms with Gasteiger partial charge in [0, 0.05) is 18.3 Å². The van der Waals surface area contributed by atoms with Crippen LogP contribution in [0.3, 0.4) is 0 Å². The van der Waals surface area contributed by atoms with Crippen molar-refractivity contribution in [3.63, 3.8) is 0 Å². The maximum atomic E-state index is 10.6. The molecule has 2 unspecified atom stereocenters. The molecule has 0 spiro atoms. The molecule has 5 heteroatoms. The molecule has 21 heavy (non-hydrogen) atoms. The van der Waals surface area contributed by atoms with E-state index in [0.717, 1.165) is 25.0 Å². The first-order valence-electron chi connectivity index (χ1n) is 7.85. The highest BCUT2D eigenvalue weighted by Crippen LogP contribution is 2.32. The summed E-state index contributed by atoms with van der Waals surface area (Å²) < 4.78 is 5.62. The summed E-state index contributed by atoms with van der Waals surface area (Å²) in [6.07, 6.45) is 4.04. The van der Waals surface area contributed by atoms with E-state index in [1.807, 2.05) is 26.8 Å². The van der Waals surface area contributed by atoms with E-state index in [2.05, 4.69) is 22.2 Å². The van der Waals surface area contributed by atoms with E-state index in [1.54, 1.807) is 0 Å². The second-order valence-corrected chi connectivity index (χ2v) is 6.62. The van der Waals surface area contributed by atoms with Crippen LogP contribution in [0.1, 0.15) is 52.1 Å². The molecule has 1 aromatic rings. The number of hydrogen-bond donors (Lipinski definition) is 2. The van der Waals surface area contributed by atoms with Crippen molar-refractivity contribution in [1.29, 1.82) is 0 Å². The van der Waals surface area contributed by atoms with Crippen LogP contribution in [-0.2, 0) is 0 Å². The number of hydrogen-bond acceptors (Lipinski definition) is 5. The smallest absolute Gasteiger partial charge is 0.226 e. The maximum Gasteiger partial charge on any atom is 0.226 e. The highest BCUT2D eigenvalue weighted by Gasteiger charge is 2.32. The van der Waals surface area contributed by atoms with Crippen LogP contribution in [0, 0.1) is 12.8 Å². The predicted molar refractivity (Wildman–Crippen MR) is 83.6 cm³/mol. The zero-order valence-corrected chi connectivity index (χ0v) is 13.5. The second-order valence-electron chi connectivity index (χ2n) is 6.62. The normalized spacial score (nSPS) is 25.9. The highest BCUT2D eigenvalue weighted by atomic mass is 16.5. The van der Waals surface area contributed by atoms with E-state index in [4.69, 9.17) is 4.74 Å². The first-order valence-corrected chi connectivity index (χ1v) is 7.85. The Kier molecular flexibility index (Phi) is 5.04. The van der Waals surface area contributed by atoms with Crippen molar-refractivity contribution in [3.8, 4) is 5.88 Å². The fourth-order valence-electron chi connectivity index (χ4n) is 2.96. The van der Waals surface area contributed by atoms with Gasteiger partial charge in [0.15, 0.2) is 0 Å². The Balaban J connectivity index is 2.00. The highest BCUT2D eigenvalue weighted by molar-refractivity contribution is 5.31. The number of rotatable bonds is 5. The summed E-state index contributed by atoms with van der Waals surface area (Å²) in [4.78, 5) is 8.72. The van der Waals surface area contributed by atoms with Crippen LogP contribution in [0.5, 0.6) is 5.88 Å². The molecule has 2 N–H and O–H groups in total. The van der Waals surface area contributed by atoms with E-state index in [-0.39, 0.29) is 6.10 Å². The van der Waals surface area contributed by atoms with Gasteiger partial charge >= 0.3 is 0 Å². The number of anilines is 1. The molecule has 0 aromatic carbocycles. The molecule has 1 aliphatic rings. The van der Waals surface area contributed by atoms with Gasteiger partial charge in [0.2, 0.25) is 11.8 Å². The largest absolute Gasteiger partial charge is 0.475 e. The Hall–Kier alpha value is -1.36. The summed E-state index contributed by atoms with van der Waals surface area (Å²) in [7, 11) is 0. The number of ether oxygens (including phenoxy) is 1. The van der Waals surface area contributed by atoms with Crippen molar-refractivity contribution in [2.75, 3.05) is 11.9 Å². The lowest BCUT2D eigenvalue weighted by atomic mass is 9.79. The van der Waals surface area contributed by atoms with E-state index in [1.165, 1.54) is 6.42 Å². The van der Waals surface area contributed by atoms with Gasteiger partial charge in [0.25, 0.3) is 0 Å². The number of nitrogens with one attached hydrogen (secondary N) is 1. The molecule has 0 amide bonds. The summed E-state index contributed by atoms with van der Waals surface area (Å²) in [5.41, 5.74) is 0.205. The van der Waals surface area contributed by atoms with E-state index >= 15 is 0 Å². The Morgan fingerprint density at radius 3 is 2.90 bits per heavy atom. The van der Waals surface area contributed by atoms with Gasteiger partial charge in [-0.05, 0) is 39.5 Å². The molecule has 1 heterocycles. The second kappa shape index (κ2) is 6.60. The van der Waals surface area contributed by atoms with Crippen molar-refractivity contribution in [3.05, 3.63) is 11.8 Å². The maximum absolute atomic E-state index is 10.6. The van der Waals surface area contributed by atoms with Crippen molar-refractivity contribution < 1.29 is 9.84 Å². The first kappa shape index (κ1) is 16.0. The Labute approximate surface area is 127 Å². The van der Waals surface area contributed by atoms with Crippen molar-refractivity contribution >= 4 is 5.95 Å². The van der Waals surface area contributed by atoms with Gasteiger partial charge in [-0.3, -0.25) is 0 Å². The number of aromatic nitrogens is 2. The van der Waals surface area contributed by atoms with E-state index in [9.17, 15) is 5.11 Å². The lowest BCUT2D eigenvalue weighted by molar-refractivity contribution is -0.000918. The van der Waals surface area contributed by atoms with Gasteiger partial charge < -0.3 is 15.2 Å². The first-order chi connectivity index (χ1) is 9.86. The predicted octanol–water partition coefficient (Wildman–Crippen LogP) is 2.93. The molecular weight excluding hydrogens is 266 g/mol. The molecule has 0 aliphatic heterocycles. The van der Waals surface area contributed by atoms with E-state index in [0.29, 0.717) is 24.3 Å². The quantitative estimate of drug-likeness (QED) is 0.873. The molecule has 1 aliphatic carbocycles. The summed E-state index contributed by atoms with van der Waals surface area (Å²) in [5.74, 6) is 1.67. The topological polar surface area (TPSA) is 67.3 Å². The summed E-state index contributed by atoms with van der Waals surface area (Å²) >= 11 is 0. The van der Waals surface area contributed by atoms with Crippen LogP contribution in [0.25, 0.3) is 0 Å². The van der Waals surface area contributed by atoms with Crippen LogP contribution < -0.4 is 10.1 Å². The average Bonchev–Trinajstić information content (AvgIpc) is 2.35. The minimum Gasteiger partial charge on any atom is -0.475 e. The Bertz CT molecular complexity index is 479. The third-order valence-corrected chi connectivity index (χ3v) is 3.83. The van der Waals surface area contributed by atoms with Crippen molar-refractivity contribution in [2.24, 2.45) is 5.92 Å². The zero-order valence-electron chi connectivity index (χ0n) is 13.5. The third-order valence-electron chi connectivity index (χ3n) is 3.83. The van der Waals surface area contributed by atoms with Gasteiger partial charge in [-0.1, -0.05) is 19.8 Å². The standard InChI is InChI=1S/C16H27N3O2/c1-11(2)21-14-8-13(4)18-15(19-14)17-10-16(20)7-5-6-12(3)9-16/h8,11-12,20H,5-7,9-10H2,1-4H3,(H,17,18,19). The van der Waals surface area contributed by atoms with Gasteiger partial charge in [0.1, 0.15) is 0 Å². The van der Waals surface area contributed by atoms with Gasteiger partial charge in [0.05, 0.1) is 11.7 Å². The molecular formula is C16H27N3O2. The minimum absolute atomic E-state index is 0.0792. The molecule has 0 bridgehead atoms. The van der Waals surface area contributed by atoms with Crippen molar-refractivity contribution in [1.82, 2.24) is 9.97 Å². The zero-order chi connectivity index (χ0) is 15.5. The molecule has 2 rings (SSSR count). The van der Waals surface area contributed by atoms with Gasteiger partial charge in [-0.25, -0.2) is 4.98 Å². The molecule has 0 saturated heterocycles. The summed E-state index contributed by atoms with van der Waals surface area (Å²) in [6, 6.07) is 1.82. The summed E-state index contributed by atoms with van der Waals surface area (Å²) in [6.45, 7) is 8.54. The number of aliphatic hydroxyl groups is 1. The lowest BCUT2D eigenvalue weighted by Crippen LogP contribution is -2.41. The monoisotopic (exact) mass is 293 g/mol. The summed E-state index contributed by atoms with van der Waals surface area (Å²) in [5, 5.41) is 13.8. The fraction of sp³-hybridized carbons (Fsp3) is 0.750. The number of nitrogens with zero attached hydrogens (tertiary/aromatic N) is 2. The van der Waals surface area contributed by atoms with Crippen molar-refractivity contribution in [2.45, 2.75) is 65.1 Å². The van der Waals surface area contributed by atoms with Crippen LogP contribution in [-0.4, -0.2) is 33.3 Å². The van der Waals surface area contributed by atoms with E-state index < -0.39 is 5.60 Å². The van der Waals surface area contributed by atoms with Crippen LogP contribution >= 0.6 is 0 Å². The Morgan fingerprint density at radius 1 is 1.48 bits per heavy atom. The SMILES string of the molecule is Cc1cc(OC(C)C)nc(NCC2(O)CCCC(C)C2)n1. The molecule has 118 valence electrons. The van der Waals surface area contributed by atoms with Crippen LogP contribution in [0.4, 0.5) is 5.95 Å². The third kappa shape index (κ3) is 4.84. The molecule has 1 aromatic heterocycles. The molecule has 0 radical (unpaired) electrons.